The van der Waals surface area contributed by atoms with E-state index in [1.165, 1.54) is 11.3 Å². The molecule has 0 aliphatic carbocycles. The first-order chi connectivity index (χ1) is 9.43. The summed E-state index contributed by atoms with van der Waals surface area (Å²) in [4.78, 5) is 1.04. The van der Waals surface area contributed by atoms with E-state index in [0.717, 1.165) is 23.4 Å². The Morgan fingerprint density at radius 3 is 2.90 bits per heavy atom. The molecule has 110 valence electrons. The van der Waals surface area contributed by atoms with Crippen LogP contribution in [0.5, 0.6) is 0 Å². The Bertz CT molecular complexity index is 629. The first kappa shape index (κ1) is 15.3. The molecule has 8 heteroatoms. The zero-order valence-corrected chi connectivity index (χ0v) is 13.1. The summed E-state index contributed by atoms with van der Waals surface area (Å²) in [5, 5.41) is 12.9. The van der Waals surface area contributed by atoms with Crippen LogP contribution in [0.1, 0.15) is 29.9 Å². The van der Waals surface area contributed by atoms with E-state index in [1.54, 1.807) is 0 Å². The Morgan fingerprint density at radius 2 is 2.25 bits per heavy atom. The van der Waals surface area contributed by atoms with Crippen molar-refractivity contribution in [3.05, 3.63) is 16.0 Å². The van der Waals surface area contributed by atoms with Crippen LogP contribution in [0.3, 0.4) is 0 Å². The molecule has 0 amide bonds. The van der Waals surface area contributed by atoms with Gasteiger partial charge in [0, 0.05) is 18.0 Å². The van der Waals surface area contributed by atoms with Crippen molar-refractivity contribution in [2.24, 2.45) is 5.92 Å². The molecular weight excluding hydrogens is 296 g/mol. The standard InChI is InChI=1S/C12H18N4O2S2/c1-8(2)6-15-20(17,18)16-12-10(5-13)9-3-4-14-7-11(9)19-12/h8,14-16H,3-4,6-7H2,1-2H3. The molecule has 6 nitrogen and oxygen atoms in total. The van der Waals surface area contributed by atoms with Gasteiger partial charge in [0.1, 0.15) is 11.1 Å². The van der Waals surface area contributed by atoms with Crippen molar-refractivity contribution in [2.75, 3.05) is 17.8 Å². The lowest BCUT2D eigenvalue weighted by Gasteiger charge is -2.11. The van der Waals surface area contributed by atoms with Gasteiger partial charge < -0.3 is 5.32 Å². The minimum atomic E-state index is -3.62. The monoisotopic (exact) mass is 314 g/mol. The van der Waals surface area contributed by atoms with E-state index in [9.17, 15) is 13.7 Å². The highest BCUT2D eigenvalue weighted by Gasteiger charge is 2.23. The SMILES string of the molecule is CC(C)CNS(=O)(=O)Nc1sc2c(c1C#N)CCNC2. The highest BCUT2D eigenvalue weighted by Crippen LogP contribution is 2.35. The average Bonchev–Trinajstić information content (AvgIpc) is 2.72. The van der Waals surface area contributed by atoms with Crippen LogP contribution in [0.2, 0.25) is 0 Å². The number of nitrogens with zero attached hydrogens (tertiary/aromatic N) is 1. The summed E-state index contributed by atoms with van der Waals surface area (Å²) in [7, 11) is -3.62. The van der Waals surface area contributed by atoms with E-state index in [-0.39, 0.29) is 5.92 Å². The molecule has 0 atom stereocenters. The van der Waals surface area contributed by atoms with Gasteiger partial charge >= 0.3 is 0 Å². The first-order valence-corrected chi connectivity index (χ1v) is 8.75. The molecule has 0 bridgehead atoms. The van der Waals surface area contributed by atoms with Crippen LogP contribution in [-0.4, -0.2) is 21.5 Å². The van der Waals surface area contributed by atoms with Gasteiger partial charge in [-0.25, -0.2) is 0 Å². The summed E-state index contributed by atoms with van der Waals surface area (Å²) in [5.41, 5.74) is 1.43. The topological polar surface area (TPSA) is 94.0 Å². The van der Waals surface area contributed by atoms with Crippen molar-refractivity contribution in [3.63, 3.8) is 0 Å². The minimum Gasteiger partial charge on any atom is -0.312 e. The second-order valence-corrected chi connectivity index (χ2v) is 7.70. The summed E-state index contributed by atoms with van der Waals surface area (Å²) in [6.07, 6.45) is 0.760. The Balaban J connectivity index is 2.21. The lowest BCUT2D eigenvalue weighted by Crippen LogP contribution is -2.32. The van der Waals surface area contributed by atoms with Gasteiger partial charge in [0.2, 0.25) is 0 Å². The number of thiophene rings is 1. The van der Waals surface area contributed by atoms with E-state index in [2.05, 4.69) is 20.8 Å². The zero-order chi connectivity index (χ0) is 14.8. The van der Waals surface area contributed by atoms with Crippen molar-refractivity contribution >= 4 is 26.5 Å². The summed E-state index contributed by atoms with van der Waals surface area (Å²) >= 11 is 1.33. The zero-order valence-electron chi connectivity index (χ0n) is 11.5. The molecule has 0 spiro atoms. The largest absolute Gasteiger partial charge is 0.312 e. The molecule has 0 fully saturated rings. The third-order valence-corrected chi connectivity index (χ3v) is 5.24. The smallest absolute Gasteiger partial charge is 0.299 e. The lowest BCUT2D eigenvalue weighted by molar-refractivity contribution is 0.565. The van der Waals surface area contributed by atoms with Gasteiger partial charge in [0.05, 0.1) is 5.56 Å². The van der Waals surface area contributed by atoms with E-state index in [0.29, 0.717) is 23.7 Å². The second kappa shape index (κ2) is 6.10. The van der Waals surface area contributed by atoms with Crippen LogP contribution in [0.25, 0.3) is 0 Å². The predicted molar refractivity (Wildman–Crippen MR) is 79.8 cm³/mol. The molecule has 0 unspecified atom stereocenters. The molecule has 2 heterocycles. The van der Waals surface area contributed by atoms with Crippen LogP contribution < -0.4 is 14.8 Å². The quantitative estimate of drug-likeness (QED) is 0.760. The molecule has 3 N–H and O–H groups in total. The van der Waals surface area contributed by atoms with E-state index in [1.807, 2.05) is 13.8 Å². The molecular formula is C12H18N4O2S2. The molecule has 1 aromatic heterocycles. The van der Waals surface area contributed by atoms with Gasteiger partial charge in [-0.15, -0.1) is 11.3 Å². The molecule has 0 saturated heterocycles. The maximum atomic E-state index is 11.9. The molecule has 0 radical (unpaired) electrons. The van der Waals surface area contributed by atoms with Crippen molar-refractivity contribution in [3.8, 4) is 6.07 Å². The molecule has 2 rings (SSSR count). The fourth-order valence-electron chi connectivity index (χ4n) is 1.96. The Hall–Kier alpha value is -1.14. The first-order valence-electron chi connectivity index (χ1n) is 6.45. The van der Waals surface area contributed by atoms with E-state index < -0.39 is 10.2 Å². The van der Waals surface area contributed by atoms with Crippen LogP contribution in [0.4, 0.5) is 5.00 Å². The summed E-state index contributed by atoms with van der Waals surface area (Å²) < 4.78 is 28.9. The number of rotatable bonds is 5. The maximum absolute atomic E-state index is 11.9. The fraction of sp³-hybridized carbons (Fsp3) is 0.583. The third-order valence-electron chi connectivity index (χ3n) is 2.95. The van der Waals surface area contributed by atoms with E-state index >= 15 is 0 Å². The molecule has 1 aromatic rings. The van der Waals surface area contributed by atoms with Crippen molar-refractivity contribution in [1.82, 2.24) is 10.0 Å². The van der Waals surface area contributed by atoms with Crippen LogP contribution >= 0.6 is 11.3 Å². The number of hydrogen-bond donors (Lipinski definition) is 3. The van der Waals surface area contributed by atoms with Gasteiger partial charge in [0.15, 0.2) is 0 Å². The highest BCUT2D eigenvalue weighted by molar-refractivity contribution is 7.91. The van der Waals surface area contributed by atoms with Gasteiger partial charge in [-0.1, -0.05) is 13.8 Å². The predicted octanol–water partition coefficient (Wildman–Crippen LogP) is 1.17. The minimum absolute atomic E-state index is 0.225. The van der Waals surface area contributed by atoms with Crippen molar-refractivity contribution in [1.29, 1.82) is 5.26 Å². The van der Waals surface area contributed by atoms with Crippen molar-refractivity contribution in [2.45, 2.75) is 26.8 Å². The Labute approximate surface area is 123 Å². The Kier molecular flexibility index (Phi) is 4.65. The lowest BCUT2D eigenvalue weighted by atomic mass is 10.1. The molecule has 20 heavy (non-hydrogen) atoms. The van der Waals surface area contributed by atoms with Crippen LogP contribution in [0, 0.1) is 17.2 Å². The summed E-state index contributed by atoms with van der Waals surface area (Å²) in [6, 6.07) is 2.12. The van der Waals surface area contributed by atoms with Crippen LogP contribution in [-0.2, 0) is 23.2 Å². The van der Waals surface area contributed by atoms with Gasteiger partial charge in [-0.05, 0) is 24.4 Å². The molecule has 0 saturated carbocycles. The van der Waals surface area contributed by atoms with Crippen molar-refractivity contribution < 1.29 is 8.42 Å². The summed E-state index contributed by atoms with van der Waals surface area (Å²) in [5.74, 6) is 0.225. The number of hydrogen-bond acceptors (Lipinski definition) is 5. The highest BCUT2D eigenvalue weighted by atomic mass is 32.2. The number of nitrogens with one attached hydrogen (secondary N) is 3. The van der Waals surface area contributed by atoms with Crippen LogP contribution in [0.15, 0.2) is 0 Å². The summed E-state index contributed by atoms with van der Waals surface area (Å²) in [6.45, 7) is 5.73. The number of fused-ring (bicyclic) bond motifs is 1. The molecule has 0 aromatic carbocycles. The van der Waals surface area contributed by atoms with E-state index in [4.69, 9.17) is 0 Å². The van der Waals surface area contributed by atoms with Gasteiger partial charge in [0.25, 0.3) is 10.2 Å². The average molecular weight is 314 g/mol. The molecule has 1 aliphatic rings. The Morgan fingerprint density at radius 1 is 1.50 bits per heavy atom. The molecule has 1 aliphatic heterocycles. The second-order valence-electron chi connectivity index (χ2n) is 5.09. The third kappa shape index (κ3) is 3.49. The maximum Gasteiger partial charge on any atom is 0.299 e. The van der Waals surface area contributed by atoms with Gasteiger partial charge in [-0.3, -0.25) is 4.72 Å². The normalized spacial score (nSPS) is 14.9. The fourth-order valence-corrected chi connectivity index (χ4v) is 4.45. The number of anilines is 1. The van der Waals surface area contributed by atoms with Gasteiger partial charge in [-0.2, -0.15) is 18.4 Å². The number of nitriles is 1.